The molecule has 5 unspecified atom stereocenters. The second kappa shape index (κ2) is 15.2. The van der Waals surface area contributed by atoms with Crippen LogP contribution < -0.4 is 22.1 Å². The highest BCUT2D eigenvalue weighted by Gasteiger charge is 2.70. The molecule has 7 aliphatic rings. The fraction of sp³-hybridized carbons (Fsp3) is 0.478. The largest absolute Gasteiger partial charge is 0.465 e. The fourth-order valence-corrected chi connectivity index (χ4v) is 13.8. The normalized spacial score (nSPS) is 34.0. The number of nitrogens with zero attached hydrogens (tertiary/aromatic N) is 3. The Balaban J connectivity index is 1.32. The summed E-state index contributed by atoms with van der Waals surface area (Å²) in [5.74, 6) is -2.95. The van der Waals surface area contributed by atoms with Gasteiger partial charge in [-0.15, -0.1) is 0 Å². The van der Waals surface area contributed by atoms with Gasteiger partial charge in [-0.3, -0.25) is 44.5 Å². The van der Waals surface area contributed by atoms with E-state index >= 15 is 4.79 Å². The molecule has 0 radical (unpaired) electrons. The maximum Gasteiger partial charge on any atom is 0.411 e. The number of primary amides is 2. The average molecular weight is 868 g/mol. The number of hydrogen-bond acceptors (Lipinski definition) is 9. The molecule has 0 aromatic heterocycles. The van der Waals surface area contributed by atoms with E-state index in [-0.39, 0.29) is 30.8 Å². The van der Waals surface area contributed by atoms with E-state index in [0.29, 0.717) is 72.5 Å². The number of nitrogens with one attached hydrogen (secondary N) is 2. The van der Waals surface area contributed by atoms with E-state index < -0.39 is 69.3 Å². The standard InChI is InChI=1S/C46H54ClN7O8/c1-26-23-34(33-7-5-21-53(33)45(38(57)50-40(59)60)30-13-9-27(10-14-30)42(45,2)24-36(48)55)52(4)44(26,29-17-19-32(47)20-18-29)35-8-6-22-54(35)46(39(58)51-41(61)62)31-15-11-28(12-16-31)43(46,3)25-37(49)56/h9-20,26,33-35H,5-8,21-25H2,1-4H3,(H2,48,55)(H2,49,56)(H,50,57)(H,51,58)(H,59,60)(H,61,62)/t26?,33?,34-,35?,42?,43?,44-,45+,46+/m0/s1. The van der Waals surface area contributed by atoms with Gasteiger partial charge in [-0.2, -0.15) is 0 Å². The number of halogens is 1. The van der Waals surface area contributed by atoms with Crippen molar-refractivity contribution in [3.8, 4) is 0 Å². The van der Waals surface area contributed by atoms with Crippen LogP contribution >= 0.6 is 11.6 Å². The summed E-state index contributed by atoms with van der Waals surface area (Å²) >= 11 is 6.57. The van der Waals surface area contributed by atoms with Crippen molar-refractivity contribution >= 4 is 47.4 Å². The van der Waals surface area contributed by atoms with Gasteiger partial charge in [0.05, 0.1) is 5.54 Å². The van der Waals surface area contributed by atoms with Crippen LogP contribution in [0, 0.1) is 5.92 Å². The summed E-state index contributed by atoms with van der Waals surface area (Å²) in [6, 6.07) is 21.3. The summed E-state index contributed by atoms with van der Waals surface area (Å²) in [6.07, 6.45) is -0.322. The predicted molar refractivity (Wildman–Crippen MR) is 229 cm³/mol. The number of carbonyl (C=O) groups is 6. The van der Waals surface area contributed by atoms with E-state index in [1.54, 1.807) is 0 Å². The van der Waals surface area contributed by atoms with Crippen LogP contribution in [-0.2, 0) is 46.6 Å². The number of carbonyl (C=O) groups excluding carboxylic acids is 4. The Labute approximate surface area is 365 Å². The van der Waals surface area contributed by atoms with Gasteiger partial charge in [0.15, 0.2) is 0 Å². The number of rotatable bonds is 11. The number of amides is 6. The van der Waals surface area contributed by atoms with Crippen LogP contribution in [0.1, 0.15) is 93.5 Å². The first-order valence-electron chi connectivity index (χ1n) is 21.2. The minimum atomic E-state index is -1.68. The first kappa shape index (κ1) is 43.3. The maximum absolute atomic E-state index is 15.0. The predicted octanol–water partition coefficient (Wildman–Crippen LogP) is 4.48. The van der Waals surface area contributed by atoms with Crippen molar-refractivity contribution in [3.05, 3.63) is 106 Å². The summed E-state index contributed by atoms with van der Waals surface area (Å²) in [6.45, 7) is 6.61. The molecule has 6 amide bonds. The lowest BCUT2D eigenvalue weighted by atomic mass is 9.55. The molecule has 328 valence electrons. The van der Waals surface area contributed by atoms with Gasteiger partial charge in [0.2, 0.25) is 11.8 Å². The summed E-state index contributed by atoms with van der Waals surface area (Å²) in [5, 5.41) is 25.1. The Morgan fingerprint density at radius 3 is 1.55 bits per heavy atom. The zero-order valence-corrected chi connectivity index (χ0v) is 36.1. The van der Waals surface area contributed by atoms with Crippen LogP contribution in [0.3, 0.4) is 0 Å². The average Bonchev–Trinajstić information content (AvgIpc) is 3.94. The Hall–Kier alpha value is -5.35. The number of likely N-dealkylation sites (N-methyl/N-ethyl adjacent to an activating group) is 1. The number of carboxylic acid groups (broad SMARTS) is 2. The molecule has 3 fully saturated rings. The Morgan fingerprint density at radius 2 is 1.08 bits per heavy atom. The Bertz CT molecular complexity index is 2350. The number of likely N-dealkylation sites (tertiary alicyclic amines) is 3. The third-order valence-electron chi connectivity index (χ3n) is 15.7. The minimum absolute atomic E-state index is 0.149. The van der Waals surface area contributed by atoms with Crippen molar-refractivity contribution in [2.45, 2.75) is 111 Å². The second-order valence-corrected chi connectivity index (χ2v) is 18.9. The molecule has 15 nitrogen and oxygen atoms in total. The fourth-order valence-electron chi connectivity index (χ4n) is 13.7. The molecular formula is C46H54ClN7O8. The molecule has 10 rings (SSSR count). The monoisotopic (exact) mass is 867 g/mol. The van der Waals surface area contributed by atoms with Gasteiger partial charge >= 0.3 is 12.2 Å². The molecule has 3 heterocycles. The molecule has 0 saturated carbocycles. The van der Waals surface area contributed by atoms with Crippen molar-refractivity contribution in [2.24, 2.45) is 17.4 Å². The van der Waals surface area contributed by atoms with Crippen LogP contribution in [0.4, 0.5) is 9.59 Å². The van der Waals surface area contributed by atoms with E-state index in [9.17, 15) is 34.2 Å². The molecule has 4 bridgehead atoms. The molecule has 3 aromatic carbocycles. The van der Waals surface area contributed by atoms with Gasteiger partial charge < -0.3 is 21.7 Å². The number of benzene rings is 3. The van der Waals surface area contributed by atoms with Crippen molar-refractivity contribution in [1.82, 2.24) is 25.3 Å². The van der Waals surface area contributed by atoms with Crippen LogP contribution in [0.5, 0.6) is 0 Å². The van der Waals surface area contributed by atoms with E-state index in [2.05, 4.69) is 39.3 Å². The minimum Gasteiger partial charge on any atom is -0.465 e. The summed E-state index contributed by atoms with van der Waals surface area (Å²) in [5.41, 5.74) is 8.61. The zero-order valence-electron chi connectivity index (χ0n) is 35.3. The quantitative estimate of drug-likeness (QED) is 0.158. The van der Waals surface area contributed by atoms with Gasteiger partial charge in [0.25, 0.3) is 11.8 Å². The molecule has 3 aromatic rings. The Morgan fingerprint density at radius 1 is 0.661 bits per heavy atom. The highest BCUT2D eigenvalue weighted by Crippen LogP contribution is 2.62. The summed E-state index contributed by atoms with van der Waals surface area (Å²) in [4.78, 5) is 87.2. The first-order chi connectivity index (χ1) is 29.3. The van der Waals surface area contributed by atoms with Gasteiger partial charge in [-0.1, -0.05) is 93.0 Å². The van der Waals surface area contributed by atoms with Gasteiger partial charge in [0.1, 0.15) is 11.1 Å². The zero-order chi connectivity index (χ0) is 44.7. The maximum atomic E-state index is 15.0. The lowest BCUT2D eigenvalue weighted by molar-refractivity contribution is -0.148. The van der Waals surface area contributed by atoms with Crippen molar-refractivity contribution in [1.29, 1.82) is 0 Å². The molecule has 62 heavy (non-hydrogen) atoms. The SMILES string of the molecule is CC1C[C@@H](C2CCCN2[C@@]2(C(=O)NC(=O)O)c3ccc(cc3)C2(C)CC(N)=O)N(C)[C@@]1(c1ccc(Cl)cc1)C1CCCN1[C@@]1(C(=O)NC(=O)O)c2ccc(cc2)C1(C)CC(N)=O. The number of fused-ring (bicyclic) bond motifs is 6. The van der Waals surface area contributed by atoms with Crippen LogP contribution in [-0.4, -0.2) is 99.0 Å². The number of hydrogen-bond donors (Lipinski definition) is 6. The number of imide groups is 2. The van der Waals surface area contributed by atoms with Crippen LogP contribution in [0.25, 0.3) is 0 Å². The van der Waals surface area contributed by atoms with Crippen molar-refractivity contribution in [2.75, 3.05) is 20.1 Å². The molecular weight excluding hydrogens is 814 g/mol. The molecule has 4 aliphatic carbocycles. The van der Waals surface area contributed by atoms with E-state index in [0.717, 1.165) is 5.56 Å². The first-order valence-corrected chi connectivity index (χ1v) is 21.6. The highest BCUT2D eigenvalue weighted by molar-refractivity contribution is 6.30. The molecule has 0 spiro atoms. The topological polar surface area (TPSA) is 229 Å². The molecule has 9 atom stereocenters. The third kappa shape index (κ3) is 5.80. The molecule has 8 N–H and O–H groups in total. The van der Waals surface area contributed by atoms with E-state index in [4.69, 9.17) is 23.1 Å². The molecule has 3 aliphatic heterocycles. The lowest BCUT2D eigenvalue weighted by Crippen LogP contribution is -2.73. The molecule has 16 heteroatoms. The van der Waals surface area contributed by atoms with Crippen LogP contribution in [0.15, 0.2) is 72.8 Å². The second-order valence-electron chi connectivity index (χ2n) is 18.4. The van der Waals surface area contributed by atoms with Gasteiger partial charge in [-0.05, 0) is 98.1 Å². The Kier molecular flexibility index (Phi) is 10.6. The molecule has 3 saturated heterocycles. The highest BCUT2D eigenvalue weighted by atomic mass is 35.5. The van der Waals surface area contributed by atoms with Crippen molar-refractivity contribution in [3.63, 3.8) is 0 Å². The summed E-state index contributed by atoms with van der Waals surface area (Å²) < 4.78 is 0. The third-order valence-corrected chi connectivity index (χ3v) is 16.0. The number of nitrogens with two attached hydrogens (primary N) is 2. The van der Waals surface area contributed by atoms with Crippen molar-refractivity contribution < 1.29 is 39.0 Å². The van der Waals surface area contributed by atoms with E-state index in [1.807, 2.05) is 86.6 Å². The summed E-state index contributed by atoms with van der Waals surface area (Å²) in [7, 11) is 2.05. The van der Waals surface area contributed by atoms with Gasteiger partial charge in [0, 0.05) is 46.8 Å². The smallest absolute Gasteiger partial charge is 0.411 e. The van der Waals surface area contributed by atoms with E-state index in [1.165, 1.54) is 0 Å². The van der Waals surface area contributed by atoms with Crippen LogP contribution in [0.2, 0.25) is 5.02 Å². The lowest BCUT2D eigenvalue weighted by Gasteiger charge is -2.60. The van der Waals surface area contributed by atoms with Gasteiger partial charge in [-0.25, -0.2) is 9.59 Å².